The summed E-state index contributed by atoms with van der Waals surface area (Å²) < 4.78 is 5.82. The molecule has 2 aromatic carbocycles. The Morgan fingerprint density at radius 3 is 2.04 bits per heavy atom. The Bertz CT molecular complexity index is 735. The Morgan fingerprint density at radius 1 is 0.923 bits per heavy atom. The fourth-order valence-electron chi connectivity index (χ4n) is 3.46. The smallest absolute Gasteiger partial charge is 0.175 e. The van der Waals surface area contributed by atoms with Crippen LogP contribution in [-0.2, 0) is 10.2 Å². The number of ketones is 1. The third-order valence-electron chi connectivity index (χ3n) is 5.46. The second kappa shape index (κ2) is 8.07. The van der Waals surface area contributed by atoms with Crippen LogP contribution in [0.15, 0.2) is 48.5 Å². The average Bonchev–Trinajstić information content (AvgIpc) is 2.62. The topological polar surface area (TPSA) is 26.3 Å². The molecule has 0 fully saturated rings. The molecule has 0 atom stereocenters. The minimum Gasteiger partial charge on any atom is -0.486 e. The standard InChI is InChI=1S/C24H32O2/c1-7-24(8-2,19-12-10-9-11-13-19)20-14-15-21(18(3)16-20)26-17-22(25)23(4,5)6/h9-16H,7-8,17H2,1-6H3. The zero-order valence-corrected chi connectivity index (χ0v) is 17.1. The molecule has 0 aliphatic rings. The molecule has 0 spiro atoms. The highest BCUT2D eigenvalue weighted by molar-refractivity contribution is 5.85. The van der Waals surface area contributed by atoms with Crippen molar-refractivity contribution in [2.45, 2.75) is 59.8 Å². The van der Waals surface area contributed by atoms with Gasteiger partial charge in [0.05, 0.1) is 0 Å². The van der Waals surface area contributed by atoms with E-state index in [0.717, 1.165) is 24.2 Å². The van der Waals surface area contributed by atoms with Gasteiger partial charge < -0.3 is 4.74 Å². The highest BCUT2D eigenvalue weighted by Gasteiger charge is 2.31. The minimum absolute atomic E-state index is 0.00573. The molecule has 0 unspecified atom stereocenters. The van der Waals surface area contributed by atoms with Gasteiger partial charge in [0, 0.05) is 10.8 Å². The van der Waals surface area contributed by atoms with E-state index in [9.17, 15) is 4.79 Å². The first-order valence-electron chi connectivity index (χ1n) is 9.57. The van der Waals surface area contributed by atoms with Crippen LogP contribution >= 0.6 is 0 Å². The Morgan fingerprint density at radius 2 is 1.54 bits per heavy atom. The lowest BCUT2D eigenvalue weighted by molar-refractivity contribution is -0.128. The van der Waals surface area contributed by atoms with Gasteiger partial charge in [-0.05, 0) is 42.5 Å². The number of carbonyl (C=O) groups excluding carboxylic acids is 1. The number of hydrogen-bond acceptors (Lipinski definition) is 2. The summed E-state index contributed by atoms with van der Waals surface area (Å²) in [4.78, 5) is 12.1. The van der Waals surface area contributed by atoms with E-state index in [1.165, 1.54) is 11.1 Å². The van der Waals surface area contributed by atoms with Crippen molar-refractivity contribution < 1.29 is 9.53 Å². The van der Waals surface area contributed by atoms with E-state index in [0.29, 0.717) is 0 Å². The van der Waals surface area contributed by atoms with E-state index in [1.54, 1.807) is 0 Å². The third-order valence-corrected chi connectivity index (χ3v) is 5.46. The fourth-order valence-corrected chi connectivity index (χ4v) is 3.46. The van der Waals surface area contributed by atoms with Gasteiger partial charge in [0.15, 0.2) is 5.78 Å². The molecule has 0 aromatic heterocycles. The zero-order valence-electron chi connectivity index (χ0n) is 17.1. The van der Waals surface area contributed by atoms with Gasteiger partial charge >= 0.3 is 0 Å². The number of hydrogen-bond donors (Lipinski definition) is 0. The van der Waals surface area contributed by atoms with Crippen LogP contribution in [0.1, 0.15) is 64.2 Å². The molecule has 2 nitrogen and oxygen atoms in total. The zero-order chi connectivity index (χ0) is 19.4. The first-order chi connectivity index (χ1) is 12.2. The van der Waals surface area contributed by atoms with Crippen molar-refractivity contribution in [2.24, 2.45) is 5.41 Å². The maximum atomic E-state index is 12.1. The van der Waals surface area contributed by atoms with Crippen LogP contribution in [0.2, 0.25) is 0 Å². The summed E-state index contributed by atoms with van der Waals surface area (Å²) in [6.45, 7) is 12.4. The number of carbonyl (C=O) groups is 1. The summed E-state index contributed by atoms with van der Waals surface area (Å²) in [7, 11) is 0. The number of Topliss-reactive ketones (excluding diaryl/α,β-unsaturated/α-hetero) is 1. The van der Waals surface area contributed by atoms with Gasteiger partial charge in [0.2, 0.25) is 0 Å². The van der Waals surface area contributed by atoms with Gasteiger partial charge in [0.25, 0.3) is 0 Å². The molecule has 0 aliphatic heterocycles. The van der Waals surface area contributed by atoms with Crippen LogP contribution in [0.3, 0.4) is 0 Å². The maximum absolute atomic E-state index is 12.1. The van der Waals surface area contributed by atoms with Crippen molar-refractivity contribution in [3.05, 3.63) is 65.2 Å². The Balaban J connectivity index is 2.31. The van der Waals surface area contributed by atoms with Gasteiger partial charge in [0.1, 0.15) is 12.4 Å². The number of rotatable bonds is 7. The van der Waals surface area contributed by atoms with Crippen molar-refractivity contribution in [1.29, 1.82) is 0 Å². The van der Waals surface area contributed by atoms with Gasteiger partial charge in [-0.2, -0.15) is 0 Å². The molecule has 2 aromatic rings. The van der Waals surface area contributed by atoms with Gasteiger partial charge in [-0.3, -0.25) is 4.79 Å². The maximum Gasteiger partial charge on any atom is 0.175 e. The first kappa shape index (κ1) is 20.2. The van der Waals surface area contributed by atoms with E-state index in [2.05, 4.69) is 63.2 Å². The lowest BCUT2D eigenvalue weighted by Gasteiger charge is -2.33. The van der Waals surface area contributed by atoms with Crippen molar-refractivity contribution >= 4 is 5.78 Å². The van der Waals surface area contributed by atoms with Crippen molar-refractivity contribution in [3.63, 3.8) is 0 Å². The molecule has 2 heteroatoms. The third kappa shape index (κ3) is 4.17. The summed E-state index contributed by atoms with van der Waals surface area (Å²) >= 11 is 0. The predicted octanol–water partition coefficient (Wildman–Crippen LogP) is 6.10. The first-order valence-corrected chi connectivity index (χ1v) is 9.57. The van der Waals surface area contributed by atoms with E-state index < -0.39 is 0 Å². The summed E-state index contributed by atoms with van der Waals surface area (Å²) in [5.74, 6) is 0.905. The molecule has 0 aliphatic carbocycles. The van der Waals surface area contributed by atoms with Gasteiger partial charge in [-0.1, -0.05) is 77.1 Å². The molecule has 0 N–H and O–H groups in total. The van der Waals surface area contributed by atoms with Crippen LogP contribution < -0.4 is 4.74 Å². The Labute approximate surface area is 158 Å². The molecular weight excluding hydrogens is 320 g/mol. The van der Waals surface area contributed by atoms with E-state index in [4.69, 9.17) is 4.74 Å². The van der Waals surface area contributed by atoms with Crippen molar-refractivity contribution in [2.75, 3.05) is 6.61 Å². The van der Waals surface area contributed by atoms with Crippen LogP contribution in [0, 0.1) is 12.3 Å². The van der Waals surface area contributed by atoms with Gasteiger partial charge in [-0.25, -0.2) is 0 Å². The van der Waals surface area contributed by atoms with Crippen LogP contribution in [0.25, 0.3) is 0 Å². The Kier molecular flexibility index (Phi) is 6.28. The van der Waals surface area contributed by atoms with Crippen molar-refractivity contribution in [1.82, 2.24) is 0 Å². The van der Waals surface area contributed by atoms with Crippen LogP contribution in [0.4, 0.5) is 0 Å². The number of aryl methyl sites for hydroxylation is 1. The second-order valence-corrected chi connectivity index (χ2v) is 8.10. The largest absolute Gasteiger partial charge is 0.486 e. The summed E-state index contributed by atoms with van der Waals surface area (Å²) in [6, 6.07) is 17.1. The second-order valence-electron chi connectivity index (χ2n) is 8.10. The molecule has 2 rings (SSSR count). The molecule has 0 saturated heterocycles. The molecule has 0 heterocycles. The number of ether oxygens (including phenoxy) is 1. The van der Waals surface area contributed by atoms with Gasteiger partial charge in [-0.15, -0.1) is 0 Å². The van der Waals surface area contributed by atoms with Crippen LogP contribution in [0.5, 0.6) is 5.75 Å². The molecule has 26 heavy (non-hydrogen) atoms. The van der Waals surface area contributed by atoms with Crippen LogP contribution in [-0.4, -0.2) is 12.4 Å². The van der Waals surface area contributed by atoms with E-state index in [1.807, 2.05) is 26.8 Å². The summed E-state index contributed by atoms with van der Waals surface area (Å²) in [5, 5.41) is 0. The quantitative estimate of drug-likeness (QED) is 0.602. The molecular formula is C24H32O2. The summed E-state index contributed by atoms with van der Waals surface area (Å²) in [6.07, 6.45) is 2.07. The SMILES string of the molecule is CCC(CC)(c1ccccc1)c1ccc(OCC(=O)C(C)(C)C)c(C)c1. The highest BCUT2D eigenvalue weighted by Crippen LogP contribution is 2.40. The van der Waals surface area contributed by atoms with Crippen molar-refractivity contribution in [3.8, 4) is 5.75 Å². The fraction of sp³-hybridized carbons (Fsp3) is 0.458. The predicted molar refractivity (Wildman–Crippen MR) is 109 cm³/mol. The normalized spacial score (nSPS) is 12.1. The average molecular weight is 353 g/mol. The molecule has 0 saturated carbocycles. The Hall–Kier alpha value is -2.09. The molecule has 0 amide bonds. The molecule has 0 radical (unpaired) electrons. The van der Waals surface area contributed by atoms with E-state index in [-0.39, 0.29) is 23.2 Å². The molecule has 0 bridgehead atoms. The lowest BCUT2D eigenvalue weighted by Crippen LogP contribution is -2.27. The lowest BCUT2D eigenvalue weighted by atomic mass is 9.70. The minimum atomic E-state index is -0.374. The van der Waals surface area contributed by atoms with E-state index >= 15 is 0 Å². The molecule has 140 valence electrons. The number of benzene rings is 2. The summed E-state index contributed by atoms with van der Waals surface area (Å²) in [5.41, 5.74) is 3.36. The monoisotopic (exact) mass is 352 g/mol. The highest BCUT2D eigenvalue weighted by atomic mass is 16.5.